The quantitative estimate of drug-likeness (QED) is 0.0959. The molecule has 2 aromatic heterocycles. The third-order valence-electron chi connectivity index (χ3n) is 23.7. The van der Waals surface area contributed by atoms with E-state index in [0.717, 1.165) is 67.6 Å². The van der Waals surface area contributed by atoms with Crippen LogP contribution in [0, 0.1) is 0 Å². The SMILES string of the molecule is CC1(C)c2cc(N(c3ccccc3)c3ccc(-n4c5ccc(-c6cccc(-c7ccccc7)c6)cc5c5cc(-c6cccc(-c7ccccc7)c6)ccc54)cc3)ccc2-c2ccc(N(c3ccccc3)c3ccc(-n4c5ccc(-c6cccc(-c7ccccc7)c6)cc5c5cc(-c6cccc(-c7ccccc7)c6)ccc54)cc3)cc21. The van der Waals surface area contributed by atoms with Gasteiger partial charge in [-0.25, -0.2) is 0 Å². The van der Waals surface area contributed by atoms with Crippen molar-refractivity contribution in [2.24, 2.45) is 0 Å². The predicted molar refractivity (Wildman–Crippen MR) is 486 cm³/mol. The highest BCUT2D eigenvalue weighted by Crippen LogP contribution is 2.53. The van der Waals surface area contributed by atoms with Gasteiger partial charge in [0.15, 0.2) is 0 Å². The molecule has 0 saturated carbocycles. The van der Waals surface area contributed by atoms with Gasteiger partial charge in [0.25, 0.3) is 0 Å². The molecule has 18 aromatic carbocycles. The van der Waals surface area contributed by atoms with Crippen LogP contribution in [0.2, 0.25) is 0 Å². The van der Waals surface area contributed by atoms with E-state index in [-0.39, 0.29) is 5.41 Å². The molecule has 0 unspecified atom stereocenters. The third kappa shape index (κ3) is 12.4. The lowest BCUT2D eigenvalue weighted by Gasteiger charge is -2.29. The van der Waals surface area contributed by atoms with E-state index in [1.54, 1.807) is 0 Å². The standard InChI is InChI=1S/C111H78N4/c1-111(2)105-73-97(112(91-41-17-7-18-42-91)93-49-53-95(54-50-93)114-107-61-45-87(83-37-21-33-79(65-83)75-25-9-3-10-26-75)69-101(107)102-70-88(46-62-108(102)114)84-38-22-34-80(66-84)76-27-11-4-12-28-76)57-59-99(105)100-60-58-98(74-106(100)111)113(92-43-19-8-20-44-92)94-51-55-96(56-52-94)115-109-63-47-89(85-39-23-35-81(67-85)77-29-13-5-14-30-77)71-103(109)104-72-90(48-64-110(104)115)86-40-24-36-82(68-86)78-31-15-6-16-32-78/h3-74H,1-2H3. The maximum Gasteiger partial charge on any atom is 0.0541 e. The van der Waals surface area contributed by atoms with Crippen molar-refractivity contribution < 1.29 is 0 Å². The van der Waals surface area contributed by atoms with Gasteiger partial charge in [0.05, 0.1) is 22.1 Å². The van der Waals surface area contributed by atoms with Crippen LogP contribution in [-0.4, -0.2) is 9.13 Å². The first-order valence-electron chi connectivity index (χ1n) is 39.8. The van der Waals surface area contributed by atoms with Crippen LogP contribution >= 0.6 is 0 Å². The number of fused-ring (bicyclic) bond motifs is 9. The highest BCUT2D eigenvalue weighted by molar-refractivity contribution is 6.13. The van der Waals surface area contributed by atoms with Gasteiger partial charge in [-0.15, -0.1) is 0 Å². The number of aromatic nitrogens is 2. The molecule has 0 atom stereocenters. The molecule has 4 heteroatoms. The van der Waals surface area contributed by atoms with E-state index in [4.69, 9.17) is 0 Å². The number of rotatable bonds is 16. The maximum atomic E-state index is 2.45. The zero-order chi connectivity index (χ0) is 76.5. The fourth-order valence-electron chi connectivity index (χ4n) is 17.9. The molecule has 542 valence electrons. The number of anilines is 6. The summed E-state index contributed by atoms with van der Waals surface area (Å²) in [6, 6.07) is 161. The first-order chi connectivity index (χ1) is 56.7. The smallest absolute Gasteiger partial charge is 0.0541 e. The normalized spacial score (nSPS) is 12.2. The molecule has 0 fully saturated rings. The molecule has 0 radical (unpaired) electrons. The topological polar surface area (TPSA) is 16.3 Å². The van der Waals surface area contributed by atoms with Gasteiger partial charge in [-0.05, 0) is 281 Å². The number of benzene rings is 18. The molecule has 2 heterocycles. The summed E-state index contributed by atoms with van der Waals surface area (Å²) in [6.45, 7) is 4.80. The lowest BCUT2D eigenvalue weighted by Crippen LogP contribution is -2.17. The molecule has 0 bridgehead atoms. The van der Waals surface area contributed by atoms with Crippen LogP contribution in [0.3, 0.4) is 0 Å². The molecule has 0 aliphatic heterocycles. The van der Waals surface area contributed by atoms with E-state index in [2.05, 4.69) is 470 Å². The fraction of sp³-hybridized carbons (Fsp3) is 0.0270. The highest BCUT2D eigenvalue weighted by Gasteiger charge is 2.37. The molecule has 0 spiro atoms. The molecule has 4 nitrogen and oxygen atoms in total. The molecule has 115 heavy (non-hydrogen) atoms. The Morgan fingerprint density at radius 1 is 0.174 bits per heavy atom. The van der Waals surface area contributed by atoms with Gasteiger partial charge in [0.1, 0.15) is 0 Å². The van der Waals surface area contributed by atoms with Gasteiger partial charge >= 0.3 is 0 Å². The van der Waals surface area contributed by atoms with Gasteiger partial charge in [0, 0.05) is 72.5 Å². The van der Waals surface area contributed by atoms with E-state index in [1.807, 2.05) is 0 Å². The van der Waals surface area contributed by atoms with Crippen LogP contribution in [0.4, 0.5) is 34.1 Å². The van der Waals surface area contributed by atoms with Crippen molar-refractivity contribution in [3.8, 4) is 112 Å². The Hall–Kier alpha value is -14.8. The van der Waals surface area contributed by atoms with E-state index in [9.17, 15) is 0 Å². The van der Waals surface area contributed by atoms with Gasteiger partial charge < -0.3 is 18.9 Å². The van der Waals surface area contributed by atoms with Crippen LogP contribution in [-0.2, 0) is 5.41 Å². The number of hydrogen-bond donors (Lipinski definition) is 0. The summed E-state index contributed by atoms with van der Waals surface area (Å²) in [5.74, 6) is 0. The molecule has 1 aliphatic carbocycles. The minimum absolute atomic E-state index is 0.355. The number of para-hydroxylation sites is 2. The van der Waals surface area contributed by atoms with Crippen LogP contribution in [0.15, 0.2) is 437 Å². The summed E-state index contributed by atoms with van der Waals surface area (Å²) in [6.07, 6.45) is 0. The fourth-order valence-corrected chi connectivity index (χ4v) is 17.9. The summed E-state index contributed by atoms with van der Waals surface area (Å²) in [5, 5.41) is 4.81. The second-order valence-electron chi connectivity index (χ2n) is 30.8. The summed E-state index contributed by atoms with van der Waals surface area (Å²) in [5.41, 5.74) is 37.1. The van der Waals surface area contributed by atoms with Gasteiger partial charge in [0.2, 0.25) is 0 Å². The Bertz CT molecular complexity index is 6360. The Balaban J connectivity index is 0.620. The lowest BCUT2D eigenvalue weighted by molar-refractivity contribution is 0.660. The summed E-state index contributed by atoms with van der Waals surface area (Å²) < 4.78 is 4.90. The minimum atomic E-state index is -0.355. The summed E-state index contributed by atoms with van der Waals surface area (Å²) >= 11 is 0. The molecule has 0 amide bonds. The van der Waals surface area contributed by atoms with E-state index < -0.39 is 0 Å². The molecule has 1 aliphatic rings. The average Bonchev–Trinajstić information content (AvgIpc) is 1.59. The Labute approximate surface area is 670 Å². The van der Waals surface area contributed by atoms with E-state index in [0.29, 0.717) is 0 Å². The average molecular weight is 1470 g/mol. The van der Waals surface area contributed by atoms with Gasteiger partial charge in [-0.3, -0.25) is 0 Å². The molecule has 0 N–H and O–H groups in total. The van der Waals surface area contributed by atoms with Crippen LogP contribution in [0.1, 0.15) is 25.0 Å². The summed E-state index contributed by atoms with van der Waals surface area (Å²) in [4.78, 5) is 4.83. The van der Waals surface area contributed by atoms with Crippen molar-refractivity contribution in [2.45, 2.75) is 19.3 Å². The first-order valence-corrected chi connectivity index (χ1v) is 39.8. The van der Waals surface area contributed by atoms with E-state index in [1.165, 1.54) is 133 Å². The summed E-state index contributed by atoms with van der Waals surface area (Å²) in [7, 11) is 0. The molecular weight excluding hydrogens is 1390 g/mol. The highest BCUT2D eigenvalue weighted by atomic mass is 15.2. The second kappa shape index (κ2) is 28.5. The molecule has 21 rings (SSSR count). The third-order valence-corrected chi connectivity index (χ3v) is 23.7. The van der Waals surface area contributed by atoms with E-state index >= 15 is 0 Å². The monoisotopic (exact) mass is 1470 g/mol. The Kier molecular flexibility index (Phi) is 16.9. The van der Waals surface area contributed by atoms with Crippen molar-refractivity contribution in [3.63, 3.8) is 0 Å². The van der Waals surface area contributed by atoms with Crippen molar-refractivity contribution in [3.05, 3.63) is 448 Å². The molecule has 0 saturated heterocycles. The minimum Gasteiger partial charge on any atom is -0.310 e. The van der Waals surface area contributed by atoms with Crippen molar-refractivity contribution in [1.29, 1.82) is 0 Å². The van der Waals surface area contributed by atoms with Crippen LogP contribution < -0.4 is 9.80 Å². The largest absolute Gasteiger partial charge is 0.310 e. The van der Waals surface area contributed by atoms with Crippen LogP contribution in [0.25, 0.3) is 155 Å². The Morgan fingerprint density at radius 3 is 0.661 bits per heavy atom. The maximum absolute atomic E-state index is 2.45. The van der Waals surface area contributed by atoms with Crippen molar-refractivity contribution in [1.82, 2.24) is 9.13 Å². The predicted octanol–water partition coefficient (Wildman–Crippen LogP) is 30.5. The number of hydrogen-bond acceptors (Lipinski definition) is 2. The van der Waals surface area contributed by atoms with Gasteiger partial charge in [-0.1, -0.05) is 281 Å². The Morgan fingerprint density at radius 2 is 0.391 bits per heavy atom. The lowest BCUT2D eigenvalue weighted by atomic mass is 9.82. The van der Waals surface area contributed by atoms with Crippen molar-refractivity contribution >= 4 is 77.7 Å². The van der Waals surface area contributed by atoms with Crippen LogP contribution in [0.5, 0.6) is 0 Å². The van der Waals surface area contributed by atoms with Crippen molar-refractivity contribution in [2.75, 3.05) is 9.80 Å². The second-order valence-corrected chi connectivity index (χ2v) is 30.8. The molecular formula is C111H78N4. The van der Waals surface area contributed by atoms with Gasteiger partial charge in [-0.2, -0.15) is 0 Å². The number of nitrogens with zero attached hydrogens (tertiary/aromatic N) is 4. The zero-order valence-electron chi connectivity index (χ0n) is 63.9. The zero-order valence-corrected chi connectivity index (χ0v) is 63.9. The first kappa shape index (κ1) is 68.2. The molecule has 20 aromatic rings.